The molecule has 10 heteroatoms. The van der Waals surface area contributed by atoms with Gasteiger partial charge in [-0.2, -0.15) is 0 Å². The van der Waals surface area contributed by atoms with Crippen LogP contribution in [0.15, 0.2) is 0 Å². The highest BCUT2D eigenvalue weighted by Crippen LogP contribution is 2.21. The number of hydrogen-bond acceptors (Lipinski definition) is 7. The summed E-state index contributed by atoms with van der Waals surface area (Å²) in [5.41, 5.74) is 0.960. The van der Waals surface area contributed by atoms with E-state index in [-0.39, 0.29) is 18.1 Å². The Balaban J connectivity index is -0.000000112. The first kappa shape index (κ1) is 74.8. The molecule has 0 heterocycles. The van der Waals surface area contributed by atoms with Gasteiger partial charge in [0, 0.05) is 61.5 Å². The van der Waals surface area contributed by atoms with Crippen molar-refractivity contribution >= 4 is 0 Å². The maximum absolute atomic E-state index is 11.3. The van der Waals surface area contributed by atoms with E-state index in [1.807, 2.05) is 20.8 Å². The van der Waals surface area contributed by atoms with Crippen LogP contribution in [-0.2, 0) is 33.2 Å². The molecule has 0 aromatic heterocycles. The van der Waals surface area contributed by atoms with Crippen molar-refractivity contribution in [1.82, 2.24) is 0 Å². The van der Waals surface area contributed by atoms with Gasteiger partial charge in [-0.15, -0.1) is 13.2 Å². The Morgan fingerprint density at radius 2 is 0.918 bits per heavy atom. The van der Waals surface area contributed by atoms with Gasteiger partial charge in [0.2, 0.25) is 0 Å². The zero-order valence-electron chi connectivity index (χ0n) is 45.9. The summed E-state index contributed by atoms with van der Waals surface area (Å²) >= 11 is 0. The van der Waals surface area contributed by atoms with Gasteiger partial charge >= 0.3 is 6.36 Å². The fraction of sp³-hybridized carbons (Fsp3) is 1.00. The third-order valence-electron chi connectivity index (χ3n) is 8.14. The first-order valence-corrected chi connectivity index (χ1v) is 23.5. The summed E-state index contributed by atoms with van der Waals surface area (Å²) in [5, 5.41) is 0. The molecule has 0 radical (unpaired) electrons. The van der Waals surface area contributed by atoms with Crippen LogP contribution >= 0.6 is 0 Å². The molecule has 0 bridgehead atoms. The molecule has 7 nitrogen and oxygen atoms in total. The third-order valence-corrected chi connectivity index (χ3v) is 8.14. The summed E-state index contributed by atoms with van der Waals surface area (Å²) < 4.78 is 68.1. The second-order valence-corrected chi connectivity index (χ2v) is 21.2. The lowest BCUT2D eigenvalue weighted by Crippen LogP contribution is -2.24. The topological polar surface area (TPSA) is 64.6 Å². The van der Waals surface area contributed by atoms with E-state index >= 15 is 0 Å². The molecule has 380 valence electrons. The minimum absolute atomic E-state index is 0.0637. The lowest BCUT2D eigenvalue weighted by atomic mass is 9.91. The van der Waals surface area contributed by atoms with Crippen LogP contribution in [0.3, 0.4) is 0 Å². The average Bonchev–Trinajstić information content (AvgIpc) is 3.06. The summed E-state index contributed by atoms with van der Waals surface area (Å²) in [5.74, 6) is 3.27. The Morgan fingerprint density at radius 1 is 0.492 bits per heavy atom. The van der Waals surface area contributed by atoms with E-state index in [9.17, 15) is 13.2 Å². The highest BCUT2D eigenvalue weighted by Gasteiger charge is 2.28. The highest BCUT2D eigenvalue weighted by atomic mass is 19.4. The minimum Gasteiger partial charge on any atom is -0.385 e. The minimum atomic E-state index is -4.46. The molecule has 1 unspecified atom stereocenters. The quantitative estimate of drug-likeness (QED) is 0.100. The largest absolute Gasteiger partial charge is 0.522 e. The number of halogens is 3. The van der Waals surface area contributed by atoms with Crippen molar-refractivity contribution in [3.63, 3.8) is 0 Å². The SMILES string of the molecule is CC(C)CCOC(C)C.CC(C)CCOC(F)(F)F.CCOCCC(C)(C)C.COC(C)(C)CC(C)C.COC(C)CC(C)C.COCCC(C)C.COCCCC(C)(C)C. The molecule has 61 heavy (non-hydrogen) atoms. The molecule has 0 spiro atoms. The van der Waals surface area contributed by atoms with Gasteiger partial charge in [-0.05, 0) is 133 Å². The number of methoxy groups -OCH3 is 4. The molecule has 0 fully saturated rings. The van der Waals surface area contributed by atoms with Gasteiger partial charge in [-0.25, -0.2) is 0 Å². The van der Waals surface area contributed by atoms with E-state index in [2.05, 4.69) is 136 Å². The van der Waals surface area contributed by atoms with Crippen LogP contribution < -0.4 is 0 Å². The Morgan fingerprint density at radius 3 is 1.16 bits per heavy atom. The molecule has 0 aliphatic rings. The van der Waals surface area contributed by atoms with Gasteiger partial charge < -0.3 is 28.4 Å². The summed E-state index contributed by atoms with van der Waals surface area (Å²) in [6, 6.07) is 0. The van der Waals surface area contributed by atoms with Crippen LogP contribution in [0.25, 0.3) is 0 Å². The molecule has 0 saturated heterocycles. The third kappa shape index (κ3) is 109. The monoisotopic (exact) mass is 895 g/mol. The predicted octanol–water partition coefficient (Wildman–Crippen LogP) is 16.1. The molecular weight excluding hydrogens is 782 g/mol. The van der Waals surface area contributed by atoms with Crippen molar-refractivity contribution in [1.29, 1.82) is 0 Å². The van der Waals surface area contributed by atoms with E-state index < -0.39 is 6.36 Å². The van der Waals surface area contributed by atoms with Crippen molar-refractivity contribution in [2.75, 3.05) is 68.1 Å². The molecule has 0 aliphatic heterocycles. The van der Waals surface area contributed by atoms with Crippen LogP contribution in [0.5, 0.6) is 0 Å². The lowest BCUT2D eigenvalue weighted by Gasteiger charge is -2.24. The Kier molecular flexibility index (Phi) is 58.2. The molecule has 0 amide bonds. The lowest BCUT2D eigenvalue weighted by molar-refractivity contribution is -0.325. The maximum Gasteiger partial charge on any atom is 0.522 e. The summed E-state index contributed by atoms with van der Waals surface area (Å²) in [7, 11) is 7.01. The van der Waals surface area contributed by atoms with E-state index in [0.717, 1.165) is 76.0 Å². The van der Waals surface area contributed by atoms with E-state index in [1.165, 1.54) is 25.7 Å². The number of hydrogen-bond donors (Lipinski definition) is 0. The predicted molar refractivity (Wildman–Crippen MR) is 261 cm³/mol. The standard InChI is InChI=1S/4C8H18O.C7H16O.C6H11F3O.C6H14O/c1-7(2)6-8(3,4)9-5;1-8(2,3)6-5-7-9-4;1-7(2)5-6-9-8(3)4;1-5-9-7-6-8(2,3)4;1-6(2)5-7(3)8-4;1-5(2)3-4-10-6(7,8)9;1-6(2)4-5-7-3/h7H,6H2,1-5H3;5-7H2,1-4H3;7-8H,5-6H2,1-4H3;5-7H2,1-4H3;6-7H,5H2,1-4H3;5H,3-4H2,1-2H3;6H,4-5H2,1-3H3. The number of rotatable bonds is 22. The van der Waals surface area contributed by atoms with Crippen LogP contribution in [0.2, 0.25) is 0 Å². The van der Waals surface area contributed by atoms with Gasteiger partial charge in [-0.3, -0.25) is 4.74 Å². The van der Waals surface area contributed by atoms with Crippen LogP contribution in [0.1, 0.15) is 204 Å². The van der Waals surface area contributed by atoms with Crippen molar-refractivity contribution in [3.8, 4) is 0 Å². The second kappa shape index (κ2) is 47.5. The average molecular weight is 895 g/mol. The maximum atomic E-state index is 11.3. The van der Waals surface area contributed by atoms with E-state index in [1.54, 1.807) is 28.4 Å². The Bertz CT molecular complexity index is 773. The Labute approximate surface area is 381 Å². The van der Waals surface area contributed by atoms with Gasteiger partial charge in [-0.1, -0.05) is 111 Å². The van der Waals surface area contributed by atoms with Crippen molar-refractivity contribution in [2.24, 2.45) is 40.4 Å². The van der Waals surface area contributed by atoms with Gasteiger partial charge in [0.15, 0.2) is 0 Å². The highest BCUT2D eigenvalue weighted by molar-refractivity contribution is 4.68. The fourth-order valence-corrected chi connectivity index (χ4v) is 4.40. The van der Waals surface area contributed by atoms with Crippen molar-refractivity contribution < 1.29 is 46.3 Å². The van der Waals surface area contributed by atoms with Gasteiger partial charge in [0.25, 0.3) is 0 Å². The molecule has 0 N–H and O–H groups in total. The zero-order valence-corrected chi connectivity index (χ0v) is 45.9. The van der Waals surface area contributed by atoms with E-state index in [0.29, 0.717) is 29.5 Å². The first-order chi connectivity index (χ1) is 27.6. The van der Waals surface area contributed by atoms with Gasteiger partial charge in [0.1, 0.15) is 0 Å². The summed E-state index contributed by atoms with van der Waals surface area (Å²) in [6.07, 6.45) is 5.03. The number of alkyl halides is 3. The molecule has 1 atom stereocenters. The van der Waals surface area contributed by atoms with Crippen LogP contribution in [0, 0.1) is 40.4 Å². The summed E-state index contributed by atoms with van der Waals surface area (Å²) in [4.78, 5) is 0. The molecule has 0 aromatic rings. The molecular formula is C51H113F3O7. The number of ether oxygens (including phenoxy) is 7. The fourth-order valence-electron chi connectivity index (χ4n) is 4.40. The molecule has 0 saturated carbocycles. The molecule has 0 aliphatic carbocycles. The molecule has 0 rings (SSSR count). The zero-order chi connectivity index (χ0) is 49.9. The van der Waals surface area contributed by atoms with Crippen molar-refractivity contribution in [3.05, 3.63) is 0 Å². The van der Waals surface area contributed by atoms with Gasteiger partial charge in [0.05, 0.1) is 24.4 Å². The first-order valence-electron chi connectivity index (χ1n) is 23.5. The second-order valence-electron chi connectivity index (χ2n) is 21.2. The van der Waals surface area contributed by atoms with Crippen molar-refractivity contribution in [2.45, 2.75) is 228 Å². The van der Waals surface area contributed by atoms with E-state index in [4.69, 9.17) is 28.4 Å². The van der Waals surface area contributed by atoms with Crippen LogP contribution in [-0.4, -0.2) is 92.3 Å². The molecule has 0 aromatic carbocycles. The summed E-state index contributed by atoms with van der Waals surface area (Å²) in [6.45, 7) is 51.5. The normalized spacial score (nSPS) is 12.2. The smallest absolute Gasteiger partial charge is 0.385 e. The van der Waals surface area contributed by atoms with Crippen LogP contribution in [0.4, 0.5) is 13.2 Å². The Hall–Kier alpha value is -0.490.